The van der Waals surface area contributed by atoms with Gasteiger partial charge in [-0.05, 0) is 37.4 Å². The van der Waals surface area contributed by atoms with Gasteiger partial charge in [-0.25, -0.2) is 4.68 Å². The Morgan fingerprint density at radius 1 is 1.33 bits per heavy atom. The Kier molecular flexibility index (Phi) is 3.96. The van der Waals surface area contributed by atoms with Crippen LogP contribution in [0.25, 0.3) is 5.69 Å². The number of rotatable bonds is 4. The fourth-order valence-electron chi connectivity index (χ4n) is 2.83. The quantitative estimate of drug-likeness (QED) is 0.881. The van der Waals surface area contributed by atoms with Gasteiger partial charge in [0.05, 0.1) is 11.9 Å². The molecule has 0 radical (unpaired) electrons. The van der Waals surface area contributed by atoms with E-state index in [1.165, 1.54) is 0 Å². The summed E-state index contributed by atoms with van der Waals surface area (Å²) in [6, 6.07) is 9.75. The third-order valence-corrected chi connectivity index (χ3v) is 4.03. The minimum absolute atomic E-state index is 0.157. The molecule has 6 nitrogen and oxygen atoms in total. The smallest absolute Gasteiger partial charge is 0.273 e. The molecule has 3 N–H and O–H groups in total. The van der Waals surface area contributed by atoms with Crippen LogP contribution in [0.1, 0.15) is 29.8 Å². The number of aromatic nitrogens is 3. The molecule has 3 rings (SSSR count). The lowest BCUT2D eigenvalue weighted by Gasteiger charge is -2.18. The van der Waals surface area contributed by atoms with E-state index in [-0.39, 0.29) is 11.9 Å². The largest absolute Gasteiger partial charge is 0.348 e. The summed E-state index contributed by atoms with van der Waals surface area (Å²) in [6.07, 6.45) is 4.83. The van der Waals surface area contributed by atoms with Crippen molar-refractivity contribution < 1.29 is 4.79 Å². The molecule has 0 aliphatic heterocycles. The van der Waals surface area contributed by atoms with Crippen LogP contribution in [0.4, 0.5) is 0 Å². The lowest BCUT2D eigenvalue weighted by Crippen LogP contribution is -2.40. The molecular formula is C15H19N5O. The lowest BCUT2D eigenvalue weighted by atomic mass is 10.0. The van der Waals surface area contributed by atoms with Crippen LogP contribution in [0.15, 0.2) is 36.5 Å². The van der Waals surface area contributed by atoms with E-state index < -0.39 is 0 Å². The molecule has 1 amide bonds. The van der Waals surface area contributed by atoms with Crippen molar-refractivity contribution in [1.82, 2.24) is 20.3 Å². The van der Waals surface area contributed by atoms with E-state index in [0.29, 0.717) is 18.2 Å². The van der Waals surface area contributed by atoms with Gasteiger partial charge in [0.15, 0.2) is 5.69 Å². The van der Waals surface area contributed by atoms with Gasteiger partial charge in [-0.1, -0.05) is 29.8 Å². The van der Waals surface area contributed by atoms with Gasteiger partial charge in [0.2, 0.25) is 0 Å². The van der Waals surface area contributed by atoms with E-state index in [1.54, 1.807) is 10.9 Å². The molecule has 110 valence electrons. The maximum atomic E-state index is 12.2. The summed E-state index contributed by atoms with van der Waals surface area (Å²) in [6.45, 7) is 0.613. The van der Waals surface area contributed by atoms with E-state index in [1.807, 2.05) is 30.3 Å². The minimum Gasteiger partial charge on any atom is -0.348 e. The van der Waals surface area contributed by atoms with Crippen molar-refractivity contribution in [1.29, 1.82) is 0 Å². The standard InChI is InChI=1S/C15H19N5O/c16-9-11-5-4-8-13(11)17-15(21)14-10-20(19-18-14)12-6-2-1-3-7-12/h1-3,6-7,10-11,13H,4-5,8-9,16H2,(H,17,21). The summed E-state index contributed by atoms with van der Waals surface area (Å²) in [4.78, 5) is 12.2. The minimum atomic E-state index is -0.178. The maximum absolute atomic E-state index is 12.2. The predicted molar refractivity (Wildman–Crippen MR) is 79.0 cm³/mol. The summed E-state index contributed by atoms with van der Waals surface area (Å²) in [5, 5.41) is 11.0. The summed E-state index contributed by atoms with van der Waals surface area (Å²) >= 11 is 0. The summed E-state index contributed by atoms with van der Waals surface area (Å²) in [5.41, 5.74) is 6.95. The first-order valence-corrected chi connectivity index (χ1v) is 7.26. The monoisotopic (exact) mass is 285 g/mol. The zero-order valence-electron chi connectivity index (χ0n) is 11.8. The van der Waals surface area contributed by atoms with Crippen LogP contribution in [-0.2, 0) is 0 Å². The molecule has 2 atom stereocenters. The Bertz CT molecular complexity index is 610. The van der Waals surface area contributed by atoms with Gasteiger partial charge >= 0.3 is 0 Å². The molecule has 1 saturated carbocycles. The van der Waals surface area contributed by atoms with Crippen LogP contribution < -0.4 is 11.1 Å². The number of nitrogens with two attached hydrogens (primary N) is 1. The molecule has 1 fully saturated rings. The van der Waals surface area contributed by atoms with Crippen LogP contribution in [0, 0.1) is 5.92 Å². The molecule has 1 aromatic carbocycles. The summed E-state index contributed by atoms with van der Waals surface area (Å²) in [5.74, 6) is 0.195. The van der Waals surface area contributed by atoms with Crippen molar-refractivity contribution in [3.05, 3.63) is 42.2 Å². The lowest BCUT2D eigenvalue weighted by molar-refractivity contribution is 0.0923. The van der Waals surface area contributed by atoms with Crippen LogP contribution >= 0.6 is 0 Å². The second-order valence-electron chi connectivity index (χ2n) is 5.39. The average molecular weight is 285 g/mol. The highest BCUT2D eigenvalue weighted by atomic mass is 16.2. The van der Waals surface area contributed by atoms with Crippen molar-refractivity contribution >= 4 is 5.91 Å². The van der Waals surface area contributed by atoms with Gasteiger partial charge in [0, 0.05) is 6.04 Å². The molecule has 2 unspecified atom stereocenters. The highest BCUT2D eigenvalue weighted by Gasteiger charge is 2.28. The predicted octanol–water partition coefficient (Wildman–Crippen LogP) is 1.12. The van der Waals surface area contributed by atoms with E-state index in [0.717, 1.165) is 24.9 Å². The molecule has 1 aliphatic rings. The average Bonchev–Trinajstić information content (AvgIpc) is 3.17. The molecule has 1 heterocycles. The number of hydrogen-bond donors (Lipinski definition) is 2. The topological polar surface area (TPSA) is 85.8 Å². The van der Waals surface area contributed by atoms with Crippen LogP contribution in [0.3, 0.4) is 0 Å². The first-order chi connectivity index (χ1) is 10.3. The van der Waals surface area contributed by atoms with E-state index in [4.69, 9.17) is 5.73 Å². The summed E-state index contributed by atoms with van der Waals surface area (Å²) in [7, 11) is 0. The van der Waals surface area contributed by atoms with Crippen LogP contribution in [-0.4, -0.2) is 33.5 Å². The Morgan fingerprint density at radius 2 is 2.14 bits per heavy atom. The van der Waals surface area contributed by atoms with Crippen LogP contribution in [0.5, 0.6) is 0 Å². The van der Waals surface area contributed by atoms with Crippen molar-refractivity contribution in [3.8, 4) is 5.69 Å². The number of carbonyl (C=O) groups is 1. The number of nitrogens with zero attached hydrogens (tertiary/aromatic N) is 3. The Labute approximate surface area is 123 Å². The number of hydrogen-bond acceptors (Lipinski definition) is 4. The van der Waals surface area contributed by atoms with Crippen molar-refractivity contribution in [2.24, 2.45) is 11.7 Å². The van der Waals surface area contributed by atoms with E-state index in [9.17, 15) is 4.79 Å². The number of amides is 1. The fraction of sp³-hybridized carbons (Fsp3) is 0.400. The fourth-order valence-corrected chi connectivity index (χ4v) is 2.83. The normalized spacial score (nSPS) is 21.4. The molecule has 1 aromatic heterocycles. The third-order valence-electron chi connectivity index (χ3n) is 4.03. The Balaban J connectivity index is 1.70. The van der Waals surface area contributed by atoms with Crippen LogP contribution in [0.2, 0.25) is 0 Å². The highest BCUT2D eigenvalue weighted by molar-refractivity contribution is 5.92. The Morgan fingerprint density at radius 3 is 2.90 bits per heavy atom. The highest BCUT2D eigenvalue weighted by Crippen LogP contribution is 2.24. The van der Waals surface area contributed by atoms with Gasteiger partial charge in [0.1, 0.15) is 0 Å². The molecule has 0 spiro atoms. The first kappa shape index (κ1) is 13.8. The SMILES string of the molecule is NCC1CCCC1NC(=O)c1cn(-c2ccccc2)nn1. The zero-order chi connectivity index (χ0) is 14.7. The number of para-hydroxylation sites is 1. The first-order valence-electron chi connectivity index (χ1n) is 7.26. The Hall–Kier alpha value is -2.21. The number of nitrogens with one attached hydrogen (secondary N) is 1. The van der Waals surface area contributed by atoms with Gasteiger partial charge in [0.25, 0.3) is 5.91 Å². The molecule has 2 aromatic rings. The summed E-state index contributed by atoms with van der Waals surface area (Å²) < 4.78 is 1.60. The molecule has 0 bridgehead atoms. The van der Waals surface area contributed by atoms with E-state index >= 15 is 0 Å². The molecular weight excluding hydrogens is 266 g/mol. The maximum Gasteiger partial charge on any atom is 0.273 e. The molecule has 21 heavy (non-hydrogen) atoms. The molecule has 6 heteroatoms. The number of benzene rings is 1. The van der Waals surface area contributed by atoms with Gasteiger partial charge in [-0.2, -0.15) is 0 Å². The second-order valence-corrected chi connectivity index (χ2v) is 5.39. The zero-order valence-corrected chi connectivity index (χ0v) is 11.8. The number of carbonyl (C=O) groups excluding carboxylic acids is 1. The van der Waals surface area contributed by atoms with Gasteiger partial charge < -0.3 is 11.1 Å². The van der Waals surface area contributed by atoms with Crippen molar-refractivity contribution in [2.45, 2.75) is 25.3 Å². The van der Waals surface area contributed by atoms with Gasteiger partial charge in [-0.15, -0.1) is 5.10 Å². The third kappa shape index (κ3) is 2.95. The molecule has 0 saturated heterocycles. The van der Waals surface area contributed by atoms with Gasteiger partial charge in [-0.3, -0.25) is 4.79 Å². The van der Waals surface area contributed by atoms with Crippen molar-refractivity contribution in [3.63, 3.8) is 0 Å². The van der Waals surface area contributed by atoms with Crippen molar-refractivity contribution in [2.75, 3.05) is 6.54 Å². The second kappa shape index (κ2) is 6.05. The van der Waals surface area contributed by atoms with E-state index in [2.05, 4.69) is 15.6 Å². The molecule has 1 aliphatic carbocycles.